The predicted octanol–water partition coefficient (Wildman–Crippen LogP) is 4.78. The van der Waals surface area contributed by atoms with Crippen LogP contribution in [0.4, 0.5) is 0 Å². The number of carbonyl (C=O) groups excluding carboxylic acids is 2. The van der Waals surface area contributed by atoms with Gasteiger partial charge in [-0.1, -0.05) is 72.8 Å². The summed E-state index contributed by atoms with van der Waals surface area (Å²) in [5, 5.41) is 20.9. The molecule has 1 heterocycles. The van der Waals surface area contributed by atoms with E-state index in [1.807, 2.05) is 12.1 Å². The lowest BCUT2D eigenvalue weighted by atomic mass is 9.82. The van der Waals surface area contributed by atoms with Crippen LogP contribution in [0, 0.1) is 0 Å². The van der Waals surface area contributed by atoms with Crippen molar-refractivity contribution in [3.8, 4) is 11.5 Å². The van der Waals surface area contributed by atoms with Crippen LogP contribution in [0.5, 0.6) is 11.5 Å². The van der Waals surface area contributed by atoms with Crippen molar-refractivity contribution < 1.29 is 19.8 Å². The van der Waals surface area contributed by atoms with Crippen LogP contribution in [-0.4, -0.2) is 57.8 Å². The number of benzene rings is 4. The number of rotatable bonds is 5. The number of phenols is 2. The van der Waals surface area contributed by atoms with Gasteiger partial charge in [0.05, 0.1) is 17.2 Å². The van der Waals surface area contributed by atoms with Crippen molar-refractivity contribution in [2.45, 2.75) is 12.6 Å². The van der Waals surface area contributed by atoms with E-state index in [0.717, 1.165) is 31.7 Å². The van der Waals surface area contributed by atoms with Crippen molar-refractivity contribution in [2.24, 2.45) is 0 Å². The van der Waals surface area contributed by atoms with Crippen molar-refractivity contribution in [1.82, 2.24) is 9.80 Å². The summed E-state index contributed by atoms with van der Waals surface area (Å²) in [6.45, 7) is 3.96. The van der Waals surface area contributed by atoms with Crippen molar-refractivity contribution in [3.63, 3.8) is 0 Å². The number of fused-ring (bicyclic) bond motifs is 2. The van der Waals surface area contributed by atoms with Crippen LogP contribution in [0.1, 0.15) is 54.6 Å². The second-order valence-corrected chi connectivity index (χ2v) is 9.93. The third kappa shape index (κ3) is 4.28. The maximum Gasteiger partial charge on any atom is 0.201 e. The van der Waals surface area contributed by atoms with Crippen LogP contribution in [0.3, 0.4) is 0 Å². The minimum atomic E-state index is -0.529. The van der Waals surface area contributed by atoms with E-state index in [4.69, 9.17) is 0 Å². The highest BCUT2D eigenvalue weighted by molar-refractivity contribution is 6.30. The topological polar surface area (TPSA) is 81.1 Å². The number of aromatic hydroxyl groups is 2. The summed E-state index contributed by atoms with van der Waals surface area (Å²) >= 11 is 0. The van der Waals surface area contributed by atoms with Gasteiger partial charge in [0.25, 0.3) is 0 Å². The Hall–Kier alpha value is -4.26. The van der Waals surface area contributed by atoms with Crippen LogP contribution >= 0.6 is 0 Å². The molecule has 1 aliphatic heterocycles. The number of ketones is 2. The molecule has 0 aromatic heterocycles. The van der Waals surface area contributed by atoms with Gasteiger partial charge in [0.15, 0.2) is 5.78 Å². The zero-order valence-electron chi connectivity index (χ0n) is 20.9. The Bertz CT molecular complexity index is 1470. The number of hydrogen-bond donors (Lipinski definition) is 2. The summed E-state index contributed by atoms with van der Waals surface area (Å²) in [5.41, 5.74) is 3.59. The van der Waals surface area contributed by atoms with E-state index in [2.05, 4.69) is 58.3 Å². The normalized spacial score (nSPS) is 15.9. The van der Waals surface area contributed by atoms with Gasteiger partial charge in [0.1, 0.15) is 11.5 Å². The van der Waals surface area contributed by atoms with E-state index in [1.165, 1.54) is 23.3 Å². The fourth-order valence-electron chi connectivity index (χ4n) is 5.75. The molecule has 0 bridgehead atoms. The van der Waals surface area contributed by atoms with Crippen molar-refractivity contribution >= 4 is 11.6 Å². The molecule has 6 nitrogen and oxygen atoms in total. The van der Waals surface area contributed by atoms with Gasteiger partial charge in [-0.2, -0.15) is 0 Å². The third-order valence-electron chi connectivity index (χ3n) is 7.57. The molecule has 0 spiro atoms. The lowest BCUT2D eigenvalue weighted by molar-refractivity contribution is 0.0972. The molecule has 1 saturated heterocycles. The molecule has 0 radical (unpaired) electrons. The molecular weight excluding hydrogens is 476 g/mol. The second-order valence-electron chi connectivity index (χ2n) is 9.93. The average molecular weight is 505 g/mol. The van der Waals surface area contributed by atoms with Gasteiger partial charge >= 0.3 is 0 Å². The third-order valence-corrected chi connectivity index (χ3v) is 7.57. The molecule has 4 aromatic carbocycles. The predicted molar refractivity (Wildman–Crippen MR) is 145 cm³/mol. The fourth-order valence-corrected chi connectivity index (χ4v) is 5.75. The lowest BCUT2D eigenvalue weighted by Crippen LogP contribution is -2.47. The highest BCUT2D eigenvalue weighted by Gasteiger charge is 2.35. The lowest BCUT2D eigenvalue weighted by Gasteiger charge is -2.40. The molecule has 0 unspecified atom stereocenters. The summed E-state index contributed by atoms with van der Waals surface area (Å²) in [6.07, 6.45) is 0. The molecule has 2 N–H and O–H groups in total. The highest BCUT2D eigenvalue weighted by Crippen LogP contribution is 2.37. The van der Waals surface area contributed by atoms with Gasteiger partial charge in [0, 0.05) is 43.9 Å². The first kappa shape index (κ1) is 24.1. The Balaban J connectivity index is 1.21. The maximum atomic E-state index is 13.2. The van der Waals surface area contributed by atoms with Gasteiger partial charge in [-0.25, -0.2) is 0 Å². The van der Waals surface area contributed by atoms with Gasteiger partial charge in [-0.15, -0.1) is 0 Å². The minimum absolute atomic E-state index is 0.0360. The fraction of sp³-hybridized carbons (Fsp3) is 0.188. The van der Waals surface area contributed by atoms with E-state index in [9.17, 15) is 19.8 Å². The van der Waals surface area contributed by atoms with E-state index in [-0.39, 0.29) is 45.6 Å². The zero-order valence-corrected chi connectivity index (χ0v) is 20.9. The van der Waals surface area contributed by atoms with Gasteiger partial charge in [-0.3, -0.25) is 19.4 Å². The molecule has 6 heteroatoms. The van der Waals surface area contributed by atoms with Gasteiger partial charge in [0.2, 0.25) is 5.78 Å². The van der Waals surface area contributed by atoms with E-state index in [0.29, 0.717) is 6.54 Å². The molecule has 1 aliphatic carbocycles. The van der Waals surface area contributed by atoms with Crippen LogP contribution in [0.25, 0.3) is 0 Å². The monoisotopic (exact) mass is 504 g/mol. The summed E-state index contributed by atoms with van der Waals surface area (Å²) in [6, 6.07) is 29.0. The molecule has 190 valence electrons. The molecule has 6 rings (SSSR count). The largest absolute Gasteiger partial charge is 0.507 e. The minimum Gasteiger partial charge on any atom is -0.507 e. The Morgan fingerprint density at radius 3 is 1.87 bits per heavy atom. The summed E-state index contributed by atoms with van der Waals surface area (Å²) < 4.78 is 0. The van der Waals surface area contributed by atoms with Crippen LogP contribution in [0.2, 0.25) is 0 Å². The van der Waals surface area contributed by atoms with E-state index in [1.54, 1.807) is 18.2 Å². The Labute approximate surface area is 221 Å². The first-order valence-electron chi connectivity index (χ1n) is 12.8. The number of hydrogen-bond acceptors (Lipinski definition) is 6. The standard InChI is InChI=1S/C32H28N2O4/c35-26-13-7-12-24-28(26)32(38)29-25(31(24)37)18-21(19-27(29)36)20-33-14-16-34(17-15-33)30(22-8-3-1-4-9-22)23-10-5-2-6-11-23/h1-13,18-19,30,35-36H,14-17,20H2. The van der Waals surface area contributed by atoms with E-state index >= 15 is 0 Å². The Morgan fingerprint density at radius 2 is 1.24 bits per heavy atom. The molecule has 0 amide bonds. The SMILES string of the molecule is O=C1c2cccc(O)c2C(=O)c2c(O)cc(CN3CCN(C(c4ccccc4)c4ccccc4)CC3)cc21. The first-order chi connectivity index (χ1) is 18.5. The molecule has 38 heavy (non-hydrogen) atoms. The maximum absolute atomic E-state index is 13.2. The van der Waals surface area contributed by atoms with Crippen molar-refractivity contribution in [3.05, 3.63) is 130 Å². The van der Waals surface area contributed by atoms with Crippen molar-refractivity contribution in [1.29, 1.82) is 0 Å². The number of carbonyl (C=O) groups is 2. The molecule has 2 aliphatic rings. The van der Waals surface area contributed by atoms with Crippen molar-refractivity contribution in [2.75, 3.05) is 26.2 Å². The summed E-state index contributed by atoms with van der Waals surface area (Å²) in [4.78, 5) is 31.0. The summed E-state index contributed by atoms with van der Waals surface area (Å²) in [7, 11) is 0. The van der Waals surface area contributed by atoms with Gasteiger partial charge in [-0.05, 0) is 34.9 Å². The number of nitrogens with zero attached hydrogens (tertiary/aromatic N) is 2. The smallest absolute Gasteiger partial charge is 0.201 e. The van der Waals surface area contributed by atoms with Gasteiger partial charge < -0.3 is 10.2 Å². The molecule has 1 fully saturated rings. The second kappa shape index (κ2) is 9.89. The quantitative estimate of drug-likeness (QED) is 0.359. The number of phenolic OH excluding ortho intramolecular Hbond substituents is 2. The molecule has 4 aromatic rings. The van der Waals surface area contributed by atoms with Crippen LogP contribution in [-0.2, 0) is 6.54 Å². The molecular formula is C32H28N2O4. The highest BCUT2D eigenvalue weighted by atomic mass is 16.3. The van der Waals surface area contributed by atoms with Crippen LogP contribution in [0.15, 0.2) is 91.0 Å². The molecule has 0 saturated carbocycles. The average Bonchev–Trinajstić information content (AvgIpc) is 2.94. The Kier molecular flexibility index (Phi) is 6.27. The Morgan fingerprint density at radius 1 is 0.632 bits per heavy atom. The summed E-state index contributed by atoms with van der Waals surface area (Å²) in [5.74, 6) is -1.37. The molecule has 0 atom stereocenters. The van der Waals surface area contributed by atoms with Crippen LogP contribution < -0.4 is 0 Å². The van der Waals surface area contributed by atoms with E-state index < -0.39 is 5.78 Å². The first-order valence-corrected chi connectivity index (χ1v) is 12.8. The zero-order chi connectivity index (χ0) is 26.2. The number of piperazine rings is 1.